The Hall–Kier alpha value is -2.24. The standard InChI is InChI=1S/C13H17N5O/c1-9(2)7-14-12(19)8-15-13-16-10-5-3-4-6-11(10)17-18-13/h3-6,9H,7-8H2,1-2H3,(H,14,19)(H,15,16,18). The Morgan fingerprint density at radius 2 is 1.95 bits per heavy atom. The van der Waals surface area contributed by atoms with E-state index in [2.05, 4.69) is 25.8 Å². The van der Waals surface area contributed by atoms with E-state index in [1.807, 2.05) is 38.1 Å². The molecule has 1 aromatic heterocycles. The highest BCUT2D eigenvalue weighted by molar-refractivity contribution is 5.80. The molecule has 0 bridgehead atoms. The summed E-state index contributed by atoms with van der Waals surface area (Å²) in [7, 11) is 0. The molecule has 0 radical (unpaired) electrons. The average Bonchev–Trinajstić information content (AvgIpc) is 2.42. The molecule has 0 atom stereocenters. The summed E-state index contributed by atoms with van der Waals surface area (Å²) in [5.74, 6) is 0.714. The van der Waals surface area contributed by atoms with E-state index >= 15 is 0 Å². The number of nitrogens with one attached hydrogen (secondary N) is 2. The van der Waals surface area contributed by atoms with Crippen LogP contribution in [-0.2, 0) is 4.79 Å². The molecule has 0 spiro atoms. The van der Waals surface area contributed by atoms with Crippen LogP contribution in [0.4, 0.5) is 5.95 Å². The smallest absolute Gasteiger partial charge is 0.243 e. The summed E-state index contributed by atoms with van der Waals surface area (Å²) in [4.78, 5) is 15.8. The van der Waals surface area contributed by atoms with Crippen LogP contribution in [0.1, 0.15) is 13.8 Å². The minimum absolute atomic E-state index is 0.0783. The molecule has 0 saturated heterocycles. The van der Waals surface area contributed by atoms with Crippen molar-refractivity contribution in [2.75, 3.05) is 18.4 Å². The third-order valence-corrected chi connectivity index (χ3v) is 2.48. The van der Waals surface area contributed by atoms with E-state index < -0.39 is 0 Å². The Balaban J connectivity index is 1.92. The molecule has 0 aliphatic rings. The second kappa shape index (κ2) is 6.08. The van der Waals surface area contributed by atoms with Gasteiger partial charge in [-0.15, -0.1) is 10.2 Å². The van der Waals surface area contributed by atoms with Gasteiger partial charge in [0.25, 0.3) is 0 Å². The first-order valence-electron chi connectivity index (χ1n) is 6.25. The monoisotopic (exact) mass is 259 g/mol. The molecule has 0 aliphatic heterocycles. The Kier molecular flexibility index (Phi) is 4.22. The highest BCUT2D eigenvalue weighted by Crippen LogP contribution is 2.08. The molecule has 1 heterocycles. The highest BCUT2D eigenvalue weighted by atomic mass is 16.1. The van der Waals surface area contributed by atoms with Crippen molar-refractivity contribution >= 4 is 22.9 Å². The lowest BCUT2D eigenvalue weighted by atomic mass is 10.2. The first kappa shape index (κ1) is 13.2. The van der Waals surface area contributed by atoms with Crippen molar-refractivity contribution in [3.05, 3.63) is 24.3 Å². The topological polar surface area (TPSA) is 79.8 Å². The van der Waals surface area contributed by atoms with E-state index in [0.717, 1.165) is 11.0 Å². The molecule has 0 unspecified atom stereocenters. The number of fused-ring (bicyclic) bond motifs is 1. The second-order valence-electron chi connectivity index (χ2n) is 4.68. The fourth-order valence-electron chi connectivity index (χ4n) is 1.50. The van der Waals surface area contributed by atoms with E-state index in [1.165, 1.54) is 0 Å². The maximum Gasteiger partial charge on any atom is 0.243 e. The van der Waals surface area contributed by atoms with Crippen LogP contribution in [0, 0.1) is 5.92 Å². The zero-order valence-electron chi connectivity index (χ0n) is 11.1. The average molecular weight is 259 g/mol. The van der Waals surface area contributed by atoms with Crippen molar-refractivity contribution in [2.24, 2.45) is 5.92 Å². The van der Waals surface area contributed by atoms with Crippen LogP contribution in [0.15, 0.2) is 24.3 Å². The molecular weight excluding hydrogens is 242 g/mol. The van der Waals surface area contributed by atoms with E-state index in [1.54, 1.807) is 0 Å². The van der Waals surface area contributed by atoms with Crippen molar-refractivity contribution in [3.63, 3.8) is 0 Å². The van der Waals surface area contributed by atoms with E-state index in [0.29, 0.717) is 18.4 Å². The number of aromatic nitrogens is 3. The van der Waals surface area contributed by atoms with Gasteiger partial charge in [0.15, 0.2) is 0 Å². The summed E-state index contributed by atoms with van der Waals surface area (Å²) in [6, 6.07) is 7.46. The molecule has 0 saturated carbocycles. The van der Waals surface area contributed by atoms with Gasteiger partial charge in [-0.2, -0.15) is 0 Å². The Labute approximate surface area is 111 Å². The predicted molar refractivity (Wildman–Crippen MR) is 73.7 cm³/mol. The number of hydrogen-bond donors (Lipinski definition) is 2. The van der Waals surface area contributed by atoms with E-state index in [-0.39, 0.29) is 12.5 Å². The lowest BCUT2D eigenvalue weighted by Gasteiger charge is -2.08. The van der Waals surface area contributed by atoms with Crippen LogP contribution in [-0.4, -0.2) is 34.2 Å². The molecule has 1 amide bonds. The van der Waals surface area contributed by atoms with Crippen LogP contribution in [0.2, 0.25) is 0 Å². The second-order valence-corrected chi connectivity index (χ2v) is 4.68. The van der Waals surface area contributed by atoms with Gasteiger partial charge in [-0.25, -0.2) is 4.98 Å². The van der Waals surface area contributed by atoms with Crippen molar-refractivity contribution in [1.82, 2.24) is 20.5 Å². The van der Waals surface area contributed by atoms with E-state index in [4.69, 9.17) is 0 Å². The van der Waals surface area contributed by atoms with Gasteiger partial charge in [0.2, 0.25) is 11.9 Å². The zero-order valence-corrected chi connectivity index (χ0v) is 11.1. The van der Waals surface area contributed by atoms with Crippen LogP contribution in [0.3, 0.4) is 0 Å². The fraction of sp³-hybridized carbons (Fsp3) is 0.385. The van der Waals surface area contributed by atoms with Gasteiger partial charge < -0.3 is 10.6 Å². The molecule has 2 rings (SSSR count). The summed E-state index contributed by atoms with van der Waals surface area (Å²) in [5, 5.41) is 13.6. The molecule has 6 heteroatoms. The van der Waals surface area contributed by atoms with Crippen molar-refractivity contribution in [2.45, 2.75) is 13.8 Å². The maximum atomic E-state index is 11.5. The SMILES string of the molecule is CC(C)CNC(=O)CNc1nnc2ccccc2n1. The summed E-state index contributed by atoms with van der Waals surface area (Å²) in [5.41, 5.74) is 1.49. The van der Waals surface area contributed by atoms with Gasteiger partial charge in [0.1, 0.15) is 5.52 Å². The third kappa shape index (κ3) is 3.87. The molecule has 0 aliphatic carbocycles. The lowest BCUT2D eigenvalue weighted by molar-refractivity contribution is -0.119. The lowest BCUT2D eigenvalue weighted by Crippen LogP contribution is -2.32. The molecule has 6 nitrogen and oxygen atoms in total. The Morgan fingerprint density at radius 1 is 1.21 bits per heavy atom. The number of benzene rings is 1. The summed E-state index contributed by atoms with van der Waals surface area (Å²) >= 11 is 0. The molecule has 19 heavy (non-hydrogen) atoms. The van der Waals surface area contributed by atoms with Gasteiger partial charge >= 0.3 is 0 Å². The summed E-state index contributed by atoms with van der Waals surface area (Å²) in [6.45, 7) is 4.90. The van der Waals surface area contributed by atoms with Gasteiger partial charge in [0.05, 0.1) is 12.1 Å². The number of anilines is 1. The minimum atomic E-state index is -0.0783. The first-order chi connectivity index (χ1) is 9.15. The van der Waals surface area contributed by atoms with Gasteiger partial charge in [-0.1, -0.05) is 26.0 Å². The number of carbonyl (C=O) groups is 1. The molecule has 1 aromatic carbocycles. The van der Waals surface area contributed by atoms with Crippen LogP contribution < -0.4 is 10.6 Å². The van der Waals surface area contributed by atoms with Crippen LogP contribution in [0.25, 0.3) is 11.0 Å². The van der Waals surface area contributed by atoms with E-state index in [9.17, 15) is 4.79 Å². The quantitative estimate of drug-likeness (QED) is 0.843. The number of para-hydroxylation sites is 1. The van der Waals surface area contributed by atoms with Crippen molar-refractivity contribution in [1.29, 1.82) is 0 Å². The summed E-state index contributed by atoms with van der Waals surface area (Å²) < 4.78 is 0. The van der Waals surface area contributed by atoms with Crippen molar-refractivity contribution < 1.29 is 4.79 Å². The van der Waals surface area contributed by atoms with Crippen LogP contribution in [0.5, 0.6) is 0 Å². The molecule has 100 valence electrons. The van der Waals surface area contributed by atoms with Gasteiger partial charge in [-0.05, 0) is 18.1 Å². The zero-order chi connectivity index (χ0) is 13.7. The maximum absolute atomic E-state index is 11.5. The predicted octanol–water partition coefficient (Wildman–Crippen LogP) is 1.21. The van der Waals surface area contributed by atoms with Gasteiger partial charge in [0, 0.05) is 6.54 Å². The molecule has 2 aromatic rings. The number of carbonyl (C=O) groups excluding carboxylic acids is 1. The third-order valence-electron chi connectivity index (χ3n) is 2.48. The normalized spacial score (nSPS) is 10.7. The number of nitrogens with zero attached hydrogens (tertiary/aromatic N) is 3. The number of amides is 1. The highest BCUT2D eigenvalue weighted by Gasteiger charge is 2.04. The summed E-state index contributed by atoms with van der Waals surface area (Å²) in [6.07, 6.45) is 0. The van der Waals surface area contributed by atoms with Crippen molar-refractivity contribution in [3.8, 4) is 0 Å². The minimum Gasteiger partial charge on any atom is -0.354 e. The fourth-order valence-corrected chi connectivity index (χ4v) is 1.50. The number of hydrogen-bond acceptors (Lipinski definition) is 5. The number of rotatable bonds is 5. The van der Waals surface area contributed by atoms with Crippen LogP contribution >= 0.6 is 0 Å². The molecule has 2 N–H and O–H groups in total. The Morgan fingerprint density at radius 3 is 2.68 bits per heavy atom. The first-order valence-corrected chi connectivity index (χ1v) is 6.25. The molecule has 0 fully saturated rings. The van der Waals surface area contributed by atoms with Gasteiger partial charge in [-0.3, -0.25) is 4.79 Å². The largest absolute Gasteiger partial charge is 0.354 e. The Bertz CT molecular complexity index is 570. The molecular formula is C13H17N5O.